The average molecular weight is 857 g/mol. The van der Waals surface area contributed by atoms with Crippen LogP contribution in [0.3, 0.4) is 0 Å². The molecule has 0 bridgehead atoms. The van der Waals surface area contributed by atoms with Gasteiger partial charge in [0.25, 0.3) is 0 Å². The highest BCUT2D eigenvalue weighted by molar-refractivity contribution is 5.71. The second-order valence-electron chi connectivity index (χ2n) is 17.8. The van der Waals surface area contributed by atoms with E-state index >= 15 is 0 Å². The van der Waals surface area contributed by atoms with E-state index in [-0.39, 0.29) is 31.1 Å². The molecular weight excluding hydrogens is 757 g/mol. The van der Waals surface area contributed by atoms with Gasteiger partial charge < -0.3 is 14.2 Å². The van der Waals surface area contributed by atoms with E-state index < -0.39 is 6.10 Å². The largest absolute Gasteiger partial charge is 0.462 e. The highest BCUT2D eigenvalue weighted by atomic mass is 16.6. The summed E-state index contributed by atoms with van der Waals surface area (Å²) in [5.74, 6) is -0.882. The first-order chi connectivity index (χ1) is 30.0. The highest BCUT2D eigenvalue weighted by Gasteiger charge is 2.19. The molecule has 0 N–H and O–H groups in total. The molecule has 0 amide bonds. The minimum absolute atomic E-state index is 0.0752. The van der Waals surface area contributed by atoms with E-state index in [1.165, 1.54) is 161 Å². The van der Waals surface area contributed by atoms with E-state index in [1.807, 2.05) is 0 Å². The smallest absolute Gasteiger partial charge is 0.306 e. The van der Waals surface area contributed by atoms with Crippen molar-refractivity contribution in [2.45, 2.75) is 284 Å². The molecule has 0 aromatic rings. The van der Waals surface area contributed by atoms with Crippen molar-refractivity contribution in [3.8, 4) is 0 Å². The summed E-state index contributed by atoms with van der Waals surface area (Å²) in [6.07, 6.45) is 58.4. The number of ether oxygens (including phenoxy) is 3. The quantitative estimate of drug-likeness (QED) is 0.0262. The fourth-order valence-electron chi connectivity index (χ4n) is 7.59. The lowest BCUT2D eigenvalue weighted by Crippen LogP contribution is -2.30. The Morgan fingerprint density at radius 3 is 0.951 bits per heavy atom. The Labute approximate surface area is 378 Å². The Kier molecular flexibility index (Phi) is 48.3. The molecule has 356 valence electrons. The molecule has 0 aliphatic carbocycles. The summed E-state index contributed by atoms with van der Waals surface area (Å²) in [5, 5.41) is 0. The van der Waals surface area contributed by atoms with Gasteiger partial charge in [0.2, 0.25) is 0 Å². The second-order valence-corrected chi connectivity index (χ2v) is 17.8. The predicted molar refractivity (Wildman–Crippen MR) is 261 cm³/mol. The molecule has 0 saturated carbocycles. The van der Waals surface area contributed by atoms with Gasteiger partial charge in [-0.2, -0.15) is 0 Å². The van der Waals surface area contributed by atoms with Gasteiger partial charge in [-0.05, 0) is 77.0 Å². The van der Waals surface area contributed by atoms with Crippen molar-refractivity contribution in [3.63, 3.8) is 0 Å². The number of carbonyl (C=O) groups excluding carboxylic acids is 3. The van der Waals surface area contributed by atoms with Crippen LogP contribution in [0.15, 0.2) is 36.5 Å². The maximum Gasteiger partial charge on any atom is 0.306 e. The number of unbranched alkanes of at least 4 members (excludes halogenated alkanes) is 31. The van der Waals surface area contributed by atoms with Gasteiger partial charge in [-0.15, -0.1) is 0 Å². The number of rotatable bonds is 48. The van der Waals surface area contributed by atoms with E-state index in [9.17, 15) is 14.4 Å². The second kappa shape index (κ2) is 50.3. The molecule has 0 spiro atoms. The fourth-order valence-corrected chi connectivity index (χ4v) is 7.59. The van der Waals surface area contributed by atoms with Crippen LogP contribution in [-0.2, 0) is 28.6 Å². The molecule has 0 aromatic heterocycles. The van der Waals surface area contributed by atoms with Crippen molar-refractivity contribution in [2.24, 2.45) is 0 Å². The molecule has 1 atom stereocenters. The normalized spacial score (nSPS) is 12.2. The van der Waals surface area contributed by atoms with Crippen molar-refractivity contribution in [3.05, 3.63) is 36.5 Å². The number of carbonyl (C=O) groups is 3. The number of hydrogen-bond acceptors (Lipinski definition) is 6. The topological polar surface area (TPSA) is 78.9 Å². The molecule has 0 aliphatic heterocycles. The first-order valence-electron chi connectivity index (χ1n) is 26.5. The van der Waals surface area contributed by atoms with E-state index in [0.29, 0.717) is 19.3 Å². The Balaban J connectivity index is 4.36. The van der Waals surface area contributed by atoms with E-state index in [2.05, 4.69) is 57.2 Å². The molecule has 61 heavy (non-hydrogen) atoms. The first-order valence-corrected chi connectivity index (χ1v) is 26.5. The minimum Gasteiger partial charge on any atom is -0.462 e. The zero-order chi connectivity index (χ0) is 44.4. The van der Waals surface area contributed by atoms with Crippen LogP contribution in [0.4, 0.5) is 0 Å². The van der Waals surface area contributed by atoms with Crippen molar-refractivity contribution in [1.82, 2.24) is 0 Å². The number of allylic oxidation sites excluding steroid dienone is 6. The monoisotopic (exact) mass is 857 g/mol. The van der Waals surface area contributed by atoms with Crippen molar-refractivity contribution >= 4 is 17.9 Å². The Morgan fingerprint density at radius 1 is 0.328 bits per heavy atom. The van der Waals surface area contributed by atoms with Gasteiger partial charge in [-0.3, -0.25) is 14.4 Å². The Morgan fingerprint density at radius 2 is 0.590 bits per heavy atom. The summed E-state index contributed by atoms with van der Waals surface area (Å²) in [7, 11) is 0. The molecule has 6 nitrogen and oxygen atoms in total. The van der Waals surface area contributed by atoms with E-state index in [0.717, 1.165) is 77.0 Å². The summed E-state index contributed by atoms with van der Waals surface area (Å²) in [6, 6.07) is 0. The Bertz CT molecular complexity index is 1030. The lowest BCUT2D eigenvalue weighted by atomic mass is 10.1. The molecule has 0 unspecified atom stereocenters. The van der Waals surface area contributed by atoms with E-state index in [4.69, 9.17) is 14.2 Å². The zero-order valence-electron chi connectivity index (χ0n) is 40.7. The lowest BCUT2D eigenvalue weighted by molar-refractivity contribution is -0.167. The molecule has 0 rings (SSSR count). The highest BCUT2D eigenvalue weighted by Crippen LogP contribution is 2.15. The fraction of sp³-hybridized carbons (Fsp3) is 0.836. The van der Waals surface area contributed by atoms with Gasteiger partial charge in [0.1, 0.15) is 13.2 Å². The van der Waals surface area contributed by atoms with Crippen LogP contribution in [0.2, 0.25) is 0 Å². The van der Waals surface area contributed by atoms with Gasteiger partial charge in [-0.25, -0.2) is 0 Å². The molecule has 0 radical (unpaired) electrons. The van der Waals surface area contributed by atoms with Crippen molar-refractivity contribution in [1.29, 1.82) is 0 Å². The third-order valence-corrected chi connectivity index (χ3v) is 11.6. The average Bonchev–Trinajstić information content (AvgIpc) is 3.26. The van der Waals surface area contributed by atoms with Crippen molar-refractivity contribution in [2.75, 3.05) is 13.2 Å². The first kappa shape index (κ1) is 58.6. The van der Waals surface area contributed by atoms with Crippen molar-refractivity contribution < 1.29 is 28.6 Å². The van der Waals surface area contributed by atoms with Gasteiger partial charge in [0.15, 0.2) is 6.10 Å². The Hall–Kier alpha value is -2.37. The number of hydrogen-bond donors (Lipinski definition) is 0. The molecule has 0 aliphatic rings. The summed E-state index contributed by atoms with van der Waals surface area (Å²) in [5.41, 5.74) is 0. The maximum absolute atomic E-state index is 12.8. The number of esters is 3. The van der Waals surface area contributed by atoms with Gasteiger partial charge in [0.05, 0.1) is 0 Å². The summed E-state index contributed by atoms with van der Waals surface area (Å²) >= 11 is 0. The molecule has 0 fully saturated rings. The lowest BCUT2D eigenvalue weighted by Gasteiger charge is -2.18. The van der Waals surface area contributed by atoms with Gasteiger partial charge in [-0.1, -0.05) is 218 Å². The zero-order valence-corrected chi connectivity index (χ0v) is 40.7. The molecule has 6 heteroatoms. The summed E-state index contributed by atoms with van der Waals surface area (Å²) in [4.78, 5) is 38.0. The van der Waals surface area contributed by atoms with Crippen LogP contribution in [0, 0.1) is 0 Å². The van der Waals surface area contributed by atoms with E-state index in [1.54, 1.807) is 0 Å². The van der Waals surface area contributed by atoms with Crippen LogP contribution in [0.5, 0.6) is 0 Å². The van der Waals surface area contributed by atoms with Crippen LogP contribution in [-0.4, -0.2) is 37.2 Å². The summed E-state index contributed by atoms with van der Waals surface area (Å²) < 4.78 is 16.8. The molecule has 0 heterocycles. The SMILES string of the molecule is CCCCC/C=C\C/C=C\CCCCCCCCCC(=O)OC[C@@H](COC(=O)CCCCCCCCCCCCC)OC(=O)CCCCCCC/C=C\CCCCCCCC. The maximum atomic E-state index is 12.8. The van der Waals surface area contributed by atoms with Crippen LogP contribution < -0.4 is 0 Å². The van der Waals surface area contributed by atoms with Gasteiger partial charge >= 0.3 is 17.9 Å². The summed E-state index contributed by atoms with van der Waals surface area (Å²) in [6.45, 7) is 6.61. The third kappa shape index (κ3) is 48.5. The van der Waals surface area contributed by atoms with Gasteiger partial charge in [0, 0.05) is 19.3 Å². The molecular formula is C55H100O6. The minimum atomic E-state index is -0.775. The van der Waals surface area contributed by atoms with Crippen LogP contribution >= 0.6 is 0 Å². The van der Waals surface area contributed by atoms with Crippen LogP contribution in [0.1, 0.15) is 278 Å². The van der Waals surface area contributed by atoms with Crippen LogP contribution in [0.25, 0.3) is 0 Å². The molecule has 0 aromatic carbocycles. The standard InChI is InChI=1S/C55H100O6/c1-4-7-10-13-16-19-22-24-26-27-29-30-33-36-39-42-45-48-54(57)60-51-52(50-59-53(56)47-44-41-38-35-32-21-18-15-12-9-6-3)61-55(58)49-46-43-40-37-34-31-28-25-23-20-17-14-11-8-5-2/h16,19,24-26,28,52H,4-15,17-18,20-23,27,29-51H2,1-3H3/b19-16-,26-24-,28-25-/t52-/m1/s1. The predicted octanol–water partition coefficient (Wildman–Crippen LogP) is 17.3. The third-order valence-electron chi connectivity index (χ3n) is 11.6. The molecule has 0 saturated heterocycles.